The third-order valence-electron chi connectivity index (χ3n) is 5.98. The Bertz CT molecular complexity index is 991. The van der Waals surface area contributed by atoms with E-state index < -0.39 is 0 Å². The first-order chi connectivity index (χ1) is 13.8. The van der Waals surface area contributed by atoms with Gasteiger partial charge in [0.1, 0.15) is 6.07 Å². The van der Waals surface area contributed by atoms with E-state index in [1.54, 1.807) is 0 Å². The zero-order chi connectivity index (χ0) is 19.9. The molecule has 0 amide bonds. The molecule has 3 aromatic rings. The Morgan fingerprint density at radius 2 is 1.29 bits per heavy atom. The van der Waals surface area contributed by atoms with Crippen molar-refractivity contribution >= 4 is 21.5 Å². The molecule has 3 aromatic carbocycles. The molecule has 3 rings (SSSR count). The highest BCUT2D eigenvalue weighted by molar-refractivity contribution is 6.11. The number of rotatable bonds is 9. The van der Waals surface area contributed by atoms with Gasteiger partial charge in [-0.1, -0.05) is 76.4 Å². The van der Waals surface area contributed by atoms with Crippen LogP contribution in [0.2, 0.25) is 0 Å². The fourth-order valence-corrected chi connectivity index (χ4v) is 4.49. The van der Waals surface area contributed by atoms with E-state index in [1.807, 2.05) is 0 Å². The van der Waals surface area contributed by atoms with Crippen LogP contribution in [0.1, 0.15) is 81.5 Å². The molecule has 0 atom stereocenters. The van der Waals surface area contributed by atoms with Crippen molar-refractivity contribution in [2.45, 2.75) is 78.6 Å². The van der Waals surface area contributed by atoms with E-state index in [1.165, 1.54) is 63.9 Å². The van der Waals surface area contributed by atoms with Crippen LogP contribution in [-0.2, 0) is 19.3 Å². The Balaban J connectivity index is 2.43. The Morgan fingerprint density at radius 3 is 1.93 bits per heavy atom. The van der Waals surface area contributed by atoms with Crippen LogP contribution in [0.3, 0.4) is 0 Å². The summed E-state index contributed by atoms with van der Waals surface area (Å²) in [6, 6.07) is 15.7. The van der Waals surface area contributed by atoms with Crippen molar-refractivity contribution in [3.8, 4) is 6.07 Å². The van der Waals surface area contributed by atoms with Crippen molar-refractivity contribution in [3.05, 3.63) is 58.7 Å². The van der Waals surface area contributed by atoms with Crippen LogP contribution < -0.4 is 0 Å². The highest BCUT2D eigenvalue weighted by Crippen LogP contribution is 2.37. The fraction of sp³-hybridized carbons (Fsp3) is 0.444. The van der Waals surface area contributed by atoms with Gasteiger partial charge in [0.25, 0.3) is 0 Å². The van der Waals surface area contributed by atoms with Crippen molar-refractivity contribution in [1.82, 2.24) is 0 Å². The van der Waals surface area contributed by atoms with Gasteiger partial charge in [0.05, 0.1) is 5.56 Å². The molecule has 0 aliphatic carbocycles. The van der Waals surface area contributed by atoms with Crippen LogP contribution in [0, 0.1) is 11.3 Å². The zero-order valence-corrected chi connectivity index (χ0v) is 17.8. The Kier molecular flexibility index (Phi) is 7.10. The number of nitrogens with zero attached hydrogens (tertiary/aromatic N) is 1. The number of benzene rings is 3. The second-order valence-electron chi connectivity index (χ2n) is 7.94. The van der Waals surface area contributed by atoms with E-state index in [-0.39, 0.29) is 0 Å². The second-order valence-corrected chi connectivity index (χ2v) is 7.94. The van der Waals surface area contributed by atoms with Gasteiger partial charge in [-0.25, -0.2) is 0 Å². The van der Waals surface area contributed by atoms with Crippen LogP contribution in [-0.4, -0.2) is 0 Å². The molecule has 0 fully saturated rings. The van der Waals surface area contributed by atoms with E-state index in [4.69, 9.17) is 0 Å². The molecule has 0 unspecified atom stereocenters. The van der Waals surface area contributed by atoms with Crippen molar-refractivity contribution in [2.75, 3.05) is 0 Å². The molecule has 0 spiro atoms. The maximum Gasteiger partial charge on any atom is 0.100 e. The molecule has 0 bridgehead atoms. The first-order valence-corrected chi connectivity index (χ1v) is 11.1. The van der Waals surface area contributed by atoms with Gasteiger partial charge in [0, 0.05) is 5.39 Å². The van der Waals surface area contributed by atoms with Gasteiger partial charge in [0.15, 0.2) is 0 Å². The van der Waals surface area contributed by atoms with Crippen LogP contribution in [0.5, 0.6) is 0 Å². The minimum atomic E-state index is 0.931. The molecule has 0 aromatic heterocycles. The third kappa shape index (κ3) is 3.93. The standard InChI is InChI=1S/C27H33N/c1-4-7-13-22-23(14-8-5-2)26(19-28)25-18-17-20-12-10-11-16-21(20)27(25)24(22)15-9-6-3/h10-12,16-18H,4-9,13-15H2,1-3H3. The number of aryl methyl sites for hydroxylation is 1. The molecular formula is C27H33N. The monoisotopic (exact) mass is 371 g/mol. The summed E-state index contributed by atoms with van der Waals surface area (Å²) in [6.45, 7) is 6.77. The molecule has 0 aliphatic heterocycles. The molecular weight excluding hydrogens is 338 g/mol. The maximum atomic E-state index is 10.2. The Hall–Kier alpha value is -2.33. The number of unbranched alkanes of at least 4 members (excludes halogenated alkanes) is 3. The summed E-state index contributed by atoms with van der Waals surface area (Å²) >= 11 is 0. The molecule has 146 valence electrons. The molecule has 28 heavy (non-hydrogen) atoms. The SMILES string of the molecule is CCCCc1c(CCCC)c(CCCC)c2c(ccc3ccccc32)c1C#N. The summed E-state index contributed by atoms with van der Waals surface area (Å²) in [5, 5.41) is 15.2. The van der Waals surface area contributed by atoms with Crippen molar-refractivity contribution in [1.29, 1.82) is 5.26 Å². The Labute approximate surface area is 170 Å². The predicted molar refractivity (Wildman–Crippen MR) is 122 cm³/mol. The lowest BCUT2D eigenvalue weighted by Crippen LogP contribution is -2.07. The van der Waals surface area contributed by atoms with Gasteiger partial charge in [-0.15, -0.1) is 0 Å². The van der Waals surface area contributed by atoms with Crippen LogP contribution in [0.15, 0.2) is 36.4 Å². The summed E-state index contributed by atoms with van der Waals surface area (Å²) in [5.74, 6) is 0. The normalized spacial score (nSPS) is 11.2. The number of hydrogen-bond donors (Lipinski definition) is 0. The van der Waals surface area contributed by atoms with Crippen LogP contribution >= 0.6 is 0 Å². The maximum absolute atomic E-state index is 10.2. The van der Waals surface area contributed by atoms with Crippen molar-refractivity contribution < 1.29 is 0 Å². The van der Waals surface area contributed by atoms with E-state index in [0.29, 0.717) is 0 Å². The van der Waals surface area contributed by atoms with Crippen molar-refractivity contribution in [3.63, 3.8) is 0 Å². The smallest absolute Gasteiger partial charge is 0.100 e. The van der Waals surface area contributed by atoms with Gasteiger partial charge in [-0.2, -0.15) is 5.26 Å². The first-order valence-electron chi connectivity index (χ1n) is 11.1. The minimum absolute atomic E-state index is 0.931. The summed E-state index contributed by atoms with van der Waals surface area (Å²) in [7, 11) is 0. The quantitative estimate of drug-likeness (QED) is 0.351. The largest absolute Gasteiger partial charge is 0.192 e. The highest BCUT2D eigenvalue weighted by Gasteiger charge is 2.20. The second kappa shape index (κ2) is 9.74. The van der Waals surface area contributed by atoms with Gasteiger partial charge in [0.2, 0.25) is 0 Å². The van der Waals surface area contributed by atoms with Gasteiger partial charge >= 0.3 is 0 Å². The van der Waals surface area contributed by atoms with E-state index in [0.717, 1.165) is 37.7 Å². The molecule has 0 saturated heterocycles. The summed E-state index contributed by atoms with van der Waals surface area (Å²) in [4.78, 5) is 0. The summed E-state index contributed by atoms with van der Waals surface area (Å²) in [5.41, 5.74) is 5.28. The highest BCUT2D eigenvalue weighted by atomic mass is 14.3. The van der Waals surface area contributed by atoms with Gasteiger partial charge < -0.3 is 0 Å². The number of hydrogen-bond acceptors (Lipinski definition) is 1. The molecule has 0 heterocycles. The lowest BCUT2D eigenvalue weighted by Gasteiger charge is -2.21. The predicted octanol–water partition coefficient (Wildman–Crippen LogP) is 7.89. The minimum Gasteiger partial charge on any atom is -0.192 e. The summed E-state index contributed by atoms with van der Waals surface area (Å²) < 4.78 is 0. The number of nitriles is 1. The van der Waals surface area contributed by atoms with Crippen LogP contribution in [0.4, 0.5) is 0 Å². The topological polar surface area (TPSA) is 23.8 Å². The lowest BCUT2D eigenvalue weighted by atomic mass is 9.82. The molecule has 1 heteroatoms. The van der Waals surface area contributed by atoms with Crippen molar-refractivity contribution in [2.24, 2.45) is 0 Å². The summed E-state index contributed by atoms with van der Waals surface area (Å²) in [6.07, 6.45) is 10.3. The molecule has 0 radical (unpaired) electrons. The molecule has 1 nitrogen and oxygen atoms in total. The van der Waals surface area contributed by atoms with E-state index in [9.17, 15) is 5.26 Å². The van der Waals surface area contributed by atoms with E-state index in [2.05, 4.69) is 63.2 Å². The van der Waals surface area contributed by atoms with E-state index >= 15 is 0 Å². The number of fused-ring (bicyclic) bond motifs is 3. The Morgan fingerprint density at radius 1 is 0.679 bits per heavy atom. The van der Waals surface area contributed by atoms with Crippen LogP contribution in [0.25, 0.3) is 21.5 Å². The lowest BCUT2D eigenvalue weighted by molar-refractivity contribution is 0.738. The van der Waals surface area contributed by atoms with Gasteiger partial charge in [-0.3, -0.25) is 0 Å². The fourth-order valence-electron chi connectivity index (χ4n) is 4.49. The van der Waals surface area contributed by atoms with Gasteiger partial charge in [-0.05, 0) is 71.4 Å². The zero-order valence-electron chi connectivity index (χ0n) is 17.8. The third-order valence-corrected chi connectivity index (χ3v) is 5.98. The molecule has 0 N–H and O–H groups in total. The molecule has 0 aliphatic rings. The average molecular weight is 372 g/mol. The molecule has 0 saturated carbocycles. The first kappa shape index (κ1) is 20.4. The average Bonchev–Trinajstić information content (AvgIpc) is 2.74.